The van der Waals surface area contributed by atoms with E-state index < -0.39 is 0 Å². The molecule has 0 atom stereocenters. The van der Waals surface area contributed by atoms with Gasteiger partial charge in [0.05, 0.1) is 0 Å². The van der Waals surface area contributed by atoms with E-state index in [1.165, 1.54) is 4.68 Å². The Bertz CT molecular complexity index is 193. The highest BCUT2D eigenvalue weighted by molar-refractivity contribution is 7.79. The van der Waals surface area contributed by atoms with Gasteiger partial charge in [-0.15, -0.1) is 5.10 Å². The molecular weight excluding hydrogens is 124 g/mol. The molecule has 0 amide bonds. The molecule has 1 heterocycles. The highest BCUT2D eigenvalue weighted by Gasteiger charge is 1.93. The van der Waals surface area contributed by atoms with Crippen molar-refractivity contribution in [2.75, 3.05) is 0 Å². The standard InChI is InChI=1S/C3H3N4S/c1-7-3(2-8)4-5-6-7/h1H3. The molecule has 5 heteroatoms. The topological polar surface area (TPSA) is 43.6 Å². The Morgan fingerprint density at radius 3 is 2.75 bits per heavy atom. The number of tetrazole rings is 1. The molecule has 0 aliphatic heterocycles. The molecule has 0 fully saturated rings. The molecule has 1 aromatic heterocycles. The van der Waals surface area contributed by atoms with Gasteiger partial charge in [-0.05, 0) is 10.4 Å². The van der Waals surface area contributed by atoms with E-state index in [1.54, 1.807) is 7.05 Å². The van der Waals surface area contributed by atoms with Crippen molar-refractivity contribution in [3.8, 4) is 0 Å². The maximum Gasteiger partial charge on any atom is 0.194 e. The summed E-state index contributed by atoms with van der Waals surface area (Å²) in [5.74, 6) is 0.486. The first-order valence-corrected chi connectivity index (χ1v) is 2.36. The Hall–Kier alpha value is -0.840. The molecule has 1 rings (SSSR count). The van der Waals surface area contributed by atoms with Gasteiger partial charge in [-0.3, -0.25) is 0 Å². The van der Waals surface area contributed by atoms with Crippen molar-refractivity contribution in [2.45, 2.75) is 0 Å². The van der Waals surface area contributed by atoms with E-state index in [0.29, 0.717) is 5.82 Å². The summed E-state index contributed by atoms with van der Waals surface area (Å²) in [6.45, 7) is 0. The van der Waals surface area contributed by atoms with Gasteiger partial charge in [0.15, 0.2) is 5.82 Å². The van der Waals surface area contributed by atoms with Crippen molar-refractivity contribution in [3.63, 3.8) is 0 Å². The van der Waals surface area contributed by atoms with Gasteiger partial charge in [0.2, 0.25) is 0 Å². The molecule has 8 heavy (non-hydrogen) atoms. The largest absolute Gasteiger partial charge is 0.228 e. The molecule has 1 radical (unpaired) electrons. The average Bonchev–Trinajstić information content (AvgIpc) is 2.14. The van der Waals surface area contributed by atoms with E-state index in [0.717, 1.165) is 0 Å². The zero-order valence-corrected chi connectivity index (χ0v) is 5.01. The van der Waals surface area contributed by atoms with Crippen LogP contribution < -0.4 is 0 Å². The van der Waals surface area contributed by atoms with E-state index in [-0.39, 0.29) is 0 Å². The van der Waals surface area contributed by atoms with Crippen LogP contribution in [0.3, 0.4) is 0 Å². The lowest BCUT2D eigenvalue weighted by molar-refractivity contribution is 0.708. The molecule has 0 bridgehead atoms. The summed E-state index contributed by atoms with van der Waals surface area (Å²) in [7, 11) is 1.70. The van der Waals surface area contributed by atoms with Crippen molar-refractivity contribution in [1.29, 1.82) is 0 Å². The van der Waals surface area contributed by atoms with Gasteiger partial charge in [-0.25, -0.2) is 4.68 Å². The van der Waals surface area contributed by atoms with Gasteiger partial charge < -0.3 is 0 Å². The minimum atomic E-state index is 0.486. The average molecular weight is 127 g/mol. The van der Waals surface area contributed by atoms with Gasteiger partial charge in [0, 0.05) is 7.05 Å². The Labute approximate surface area is 51.5 Å². The van der Waals surface area contributed by atoms with Gasteiger partial charge >= 0.3 is 0 Å². The van der Waals surface area contributed by atoms with Crippen LogP contribution in [-0.2, 0) is 7.05 Å². The molecular formula is C3H3N4S. The number of rotatable bonds is 1. The van der Waals surface area contributed by atoms with Crippen molar-refractivity contribution >= 4 is 17.6 Å². The lowest BCUT2D eigenvalue weighted by Crippen LogP contribution is -1.95. The lowest BCUT2D eigenvalue weighted by atomic mass is 10.7. The van der Waals surface area contributed by atoms with Crippen molar-refractivity contribution in [2.24, 2.45) is 7.05 Å². The first-order valence-electron chi connectivity index (χ1n) is 1.95. The third kappa shape index (κ3) is 0.717. The van der Waals surface area contributed by atoms with Crippen LogP contribution in [0.25, 0.3) is 0 Å². The predicted molar refractivity (Wildman–Crippen MR) is 30.5 cm³/mol. The van der Waals surface area contributed by atoms with Crippen LogP contribution >= 0.6 is 12.2 Å². The quantitative estimate of drug-likeness (QED) is 0.474. The Balaban J connectivity index is 3.09. The van der Waals surface area contributed by atoms with Crippen molar-refractivity contribution in [1.82, 2.24) is 20.2 Å². The summed E-state index contributed by atoms with van der Waals surface area (Å²) in [5, 5.41) is 12.7. The maximum absolute atomic E-state index is 4.45. The monoisotopic (exact) mass is 127 g/mol. The molecule has 0 aliphatic carbocycles. The molecule has 4 nitrogen and oxygen atoms in total. The van der Waals surface area contributed by atoms with Crippen LogP contribution in [0, 0.1) is 0 Å². The Morgan fingerprint density at radius 1 is 1.75 bits per heavy atom. The SMILES string of the molecule is Cn1nnnc1[C]=S. The molecule has 0 spiro atoms. The lowest BCUT2D eigenvalue weighted by Gasteiger charge is -1.81. The number of aromatic nitrogens is 4. The zero-order chi connectivity index (χ0) is 5.98. The van der Waals surface area contributed by atoms with E-state index >= 15 is 0 Å². The van der Waals surface area contributed by atoms with Crippen LogP contribution in [0.1, 0.15) is 5.82 Å². The van der Waals surface area contributed by atoms with Crippen LogP contribution in [-0.4, -0.2) is 25.6 Å². The number of hydrogen-bond donors (Lipinski definition) is 0. The third-order valence-electron chi connectivity index (χ3n) is 0.711. The van der Waals surface area contributed by atoms with Gasteiger partial charge in [-0.1, -0.05) is 12.2 Å². The Morgan fingerprint density at radius 2 is 2.50 bits per heavy atom. The van der Waals surface area contributed by atoms with Crippen LogP contribution in [0.4, 0.5) is 0 Å². The molecule has 0 saturated carbocycles. The van der Waals surface area contributed by atoms with Crippen LogP contribution in [0.15, 0.2) is 0 Å². The summed E-state index contributed by atoms with van der Waals surface area (Å²) in [6, 6.07) is 0. The fourth-order valence-electron chi connectivity index (χ4n) is 0.316. The van der Waals surface area contributed by atoms with E-state index in [4.69, 9.17) is 0 Å². The zero-order valence-electron chi connectivity index (χ0n) is 4.20. The Kier molecular flexibility index (Phi) is 1.29. The van der Waals surface area contributed by atoms with Crippen LogP contribution in [0.2, 0.25) is 0 Å². The molecule has 0 aromatic carbocycles. The van der Waals surface area contributed by atoms with Crippen molar-refractivity contribution in [3.05, 3.63) is 5.82 Å². The summed E-state index contributed by atoms with van der Waals surface area (Å²) < 4.78 is 1.45. The first-order chi connectivity index (χ1) is 3.84. The highest BCUT2D eigenvalue weighted by atomic mass is 32.1. The summed E-state index contributed by atoms with van der Waals surface area (Å²) >= 11 is 4.45. The van der Waals surface area contributed by atoms with E-state index in [1.807, 2.05) is 0 Å². The van der Waals surface area contributed by atoms with Gasteiger partial charge in [0.25, 0.3) is 0 Å². The second kappa shape index (κ2) is 1.95. The third-order valence-corrected chi connectivity index (χ3v) is 0.894. The van der Waals surface area contributed by atoms with Gasteiger partial charge in [0.1, 0.15) is 5.37 Å². The molecule has 1 aromatic rings. The highest BCUT2D eigenvalue weighted by Crippen LogP contribution is 1.79. The molecule has 0 N–H and O–H groups in total. The van der Waals surface area contributed by atoms with E-state index in [2.05, 4.69) is 33.1 Å². The number of nitrogens with zero attached hydrogens (tertiary/aromatic N) is 4. The molecule has 0 saturated heterocycles. The second-order valence-corrected chi connectivity index (χ2v) is 1.43. The second-order valence-electron chi connectivity index (χ2n) is 1.23. The maximum atomic E-state index is 4.45. The van der Waals surface area contributed by atoms with Crippen molar-refractivity contribution < 1.29 is 0 Å². The summed E-state index contributed by atoms with van der Waals surface area (Å²) in [4.78, 5) is 0. The minimum absolute atomic E-state index is 0.486. The predicted octanol–water partition coefficient (Wildman–Crippen LogP) is -0.565. The van der Waals surface area contributed by atoms with Crippen LogP contribution in [0.5, 0.6) is 0 Å². The first kappa shape index (κ1) is 5.30. The van der Waals surface area contributed by atoms with E-state index in [9.17, 15) is 0 Å². The molecule has 0 unspecified atom stereocenters. The molecule has 41 valence electrons. The van der Waals surface area contributed by atoms with Gasteiger partial charge in [-0.2, -0.15) is 0 Å². The number of aryl methyl sites for hydroxylation is 1. The smallest absolute Gasteiger partial charge is 0.194 e. The summed E-state index contributed by atoms with van der Waals surface area (Å²) in [5.41, 5.74) is 0. The molecule has 0 aliphatic rings. The minimum Gasteiger partial charge on any atom is -0.228 e. The normalized spacial score (nSPS) is 9.12. The fourth-order valence-corrected chi connectivity index (χ4v) is 0.489. The summed E-state index contributed by atoms with van der Waals surface area (Å²) in [6.07, 6.45) is 0. The number of thiocarbonyl (C=S) groups is 1. The fraction of sp³-hybridized carbons (Fsp3) is 0.333. The number of hydrogen-bond acceptors (Lipinski definition) is 4.